The molecule has 0 N–H and O–H groups in total. The number of fused-ring (bicyclic) bond motifs is 1. The lowest BCUT2D eigenvalue weighted by molar-refractivity contribution is 0.586. The quantitative estimate of drug-likeness (QED) is 0.787. The van der Waals surface area contributed by atoms with Gasteiger partial charge in [0, 0.05) is 16.7 Å². The molecule has 1 aromatic carbocycles. The van der Waals surface area contributed by atoms with Crippen LogP contribution in [0.3, 0.4) is 0 Å². The number of hydrogen-bond acceptors (Lipinski definition) is 4. The minimum absolute atomic E-state index is 0.00608. The molecule has 0 radical (unpaired) electrons. The minimum atomic E-state index is -3.74. The van der Waals surface area contributed by atoms with Crippen LogP contribution in [0.25, 0.3) is 17.2 Å². The molecule has 0 unspecified atom stereocenters. The Hall–Kier alpha value is -1.33. The first-order valence-corrected chi connectivity index (χ1v) is 7.17. The Labute approximate surface area is 103 Å². The zero-order valence-corrected chi connectivity index (χ0v) is 10.8. The van der Waals surface area contributed by atoms with Gasteiger partial charge in [-0.1, -0.05) is 5.57 Å². The van der Waals surface area contributed by atoms with E-state index in [1.807, 2.05) is 13.8 Å². The van der Waals surface area contributed by atoms with Gasteiger partial charge in [0.15, 0.2) is 5.58 Å². The van der Waals surface area contributed by atoms with Crippen molar-refractivity contribution < 1.29 is 12.8 Å². The molecule has 1 aromatic heterocycles. The number of nitrogens with zero attached hydrogens (tertiary/aromatic N) is 1. The molecule has 0 atom stereocenters. The summed E-state index contributed by atoms with van der Waals surface area (Å²) in [4.78, 5) is 4.20. The summed E-state index contributed by atoms with van der Waals surface area (Å²) in [5.74, 6) is 0.448. The average molecular weight is 272 g/mol. The maximum atomic E-state index is 11.2. The Balaban J connectivity index is 2.60. The predicted molar refractivity (Wildman–Crippen MR) is 66.4 cm³/mol. The topological polar surface area (TPSA) is 60.2 Å². The molecular formula is C11H10ClNO3S. The molecule has 0 saturated carbocycles. The molecule has 4 nitrogen and oxygen atoms in total. The van der Waals surface area contributed by atoms with Crippen molar-refractivity contribution in [1.29, 1.82) is 0 Å². The molecule has 2 aromatic rings. The zero-order chi connectivity index (χ0) is 12.6. The molecule has 17 heavy (non-hydrogen) atoms. The van der Waals surface area contributed by atoms with Crippen LogP contribution in [0.4, 0.5) is 0 Å². The summed E-state index contributed by atoms with van der Waals surface area (Å²) < 4.78 is 27.7. The van der Waals surface area contributed by atoms with E-state index in [9.17, 15) is 8.42 Å². The summed E-state index contributed by atoms with van der Waals surface area (Å²) in [5.41, 5.74) is 2.04. The predicted octanol–water partition coefficient (Wildman–Crippen LogP) is 3.18. The normalized spacial score (nSPS) is 11.7. The summed E-state index contributed by atoms with van der Waals surface area (Å²) in [5, 5.41) is 0. The monoisotopic (exact) mass is 271 g/mol. The van der Waals surface area contributed by atoms with Crippen molar-refractivity contribution in [2.75, 3.05) is 0 Å². The van der Waals surface area contributed by atoms with Crippen molar-refractivity contribution in [2.24, 2.45) is 0 Å². The van der Waals surface area contributed by atoms with Gasteiger partial charge in [0.05, 0.1) is 4.90 Å². The summed E-state index contributed by atoms with van der Waals surface area (Å²) in [7, 11) is 1.51. The van der Waals surface area contributed by atoms with E-state index >= 15 is 0 Å². The van der Waals surface area contributed by atoms with Gasteiger partial charge in [0.2, 0.25) is 5.89 Å². The third kappa shape index (κ3) is 2.68. The van der Waals surface area contributed by atoms with Crippen LogP contribution in [0, 0.1) is 0 Å². The van der Waals surface area contributed by atoms with Crippen LogP contribution in [-0.2, 0) is 9.05 Å². The first-order valence-electron chi connectivity index (χ1n) is 4.86. The van der Waals surface area contributed by atoms with Crippen molar-refractivity contribution in [3.63, 3.8) is 0 Å². The highest BCUT2D eigenvalue weighted by atomic mass is 35.7. The molecule has 2 rings (SSSR count). The fourth-order valence-electron chi connectivity index (χ4n) is 1.38. The molecule has 0 amide bonds. The second kappa shape index (κ2) is 4.16. The lowest BCUT2D eigenvalue weighted by Gasteiger charge is -1.93. The molecule has 0 bridgehead atoms. The highest BCUT2D eigenvalue weighted by Crippen LogP contribution is 2.23. The highest BCUT2D eigenvalue weighted by molar-refractivity contribution is 8.13. The van der Waals surface area contributed by atoms with Crippen molar-refractivity contribution >= 4 is 36.9 Å². The zero-order valence-electron chi connectivity index (χ0n) is 9.27. The molecule has 0 aliphatic heterocycles. The Morgan fingerprint density at radius 3 is 2.71 bits per heavy atom. The maximum Gasteiger partial charge on any atom is 0.261 e. The van der Waals surface area contributed by atoms with Crippen molar-refractivity contribution in [1.82, 2.24) is 4.98 Å². The standard InChI is InChI=1S/C11H10ClNO3S/c1-7(2)5-11-13-9-4-3-8(17(12,14)15)6-10(9)16-11/h3-6H,1-2H3. The third-order valence-corrected chi connectivity index (χ3v) is 3.42. The molecule has 0 spiro atoms. The van der Waals surface area contributed by atoms with Crippen LogP contribution in [0.5, 0.6) is 0 Å². The van der Waals surface area contributed by atoms with Crippen molar-refractivity contribution in [2.45, 2.75) is 18.7 Å². The molecule has 0 aliphatic rings. The van der Waals surface area contributed by atoms with Gasteiger partial charge in [0.1, 0.15) is 5.52 Å². The maximum absolute atomic E-state index is 11.2. The van der Waals surface area contributed by atoms with E-state index in [-0.39, 0.29) is 4.90 Å². The van der Waals surface area contributed by atoms with Crippen molar-refractivity contribution in [3.05, 3.63) is 29.7 Å². The summed E-state index contributed by atoms with van der Waals surface area (Å²) in [6.45, 7) is 3.84. The van der Waals surface area contributed by atoms with Gasteiger partial charge in [-0.05, 0) is 32.1 Å². The van der Waals surface area contributed by atoms with E-state index in [2.05, 4.69) is 4.98 Å². The molecule has 6 heteroatoms. The largest absolute Gasteiger partial charge is 0.437 e. The number of aromatic nitrogens is 1. The second-order valence-corrected chi connectivity index (χ2v) is 6.41. The van der Waals surface area contributed by atoms with E-state index in [1.165, 1.54) is 12.1 Å². The molecular weight excluding hydrogens is 262 g/mol. The number of benzene rings is 1. The summed E-state index contributed by atoms with van der Waals surface area (Å²) in [6, 6.07) is 4.34. The Bertz CT molecular complexity index is 697. The fourth-order valence-corrected chi connectivity index (χ4v) is 2.15. The first kappa shape index (κ1) is 12.1. The van der Waals surface area contributed by atoms with Crippen LogP contribution < -0.4 is 0 Å². The number of hydrogen-bond donors (Lipinski definition) is 0. The number of rotatable bonds is 2. The Morgan fingerprint density at radius 1 is 1.41 bits per heavy atom. The average Bonchev–Trinajstić information content (AvgIpc) is 2.55. The molecule has 0 aliphatic carbocycles. The first-order chi connectivity index (χ1) is 7.86. The van der Waals surface area contributed by atoms with Gasteiger partial charge in [0.25, 0.3) is 9.05 Å². The Kier molecular flexibility index (Phi) is 2.97. The number of oxazole rings is 1. The van der Waals surface area contributed by atoms with Crippen LogP contribution in [-0.4, -0.2) is 13.4 Å². The van der Waals surface area contributed by atoms with Gasteiger partial charge < -0.3 is 4.42 Å². The SMILES string of the molecule is CC(C)=Cc1nc2ccc(S(=O)(=O)Cl)cc2o1. The molecule has 0 saturated heterocycles. The second-order valence-electron chi connectivity index (χ2n) is 3.84. The molecule has 90 valence electrons. The number of halogens is 1. The van der Waals surface area contributed by atoms with E-state index in [4.69, 9.17) is 15.1 Å². The smallest absolute Gasteiger partial charge is 0.261 e. The lowest BCUT2D eigenvalue weighted by Crippen LogP contribution is -1.88. The third-order valence-electron chi connectivity index (χ3n) is 2.07. The number of allylic oxidation sites excluding steroid dienone is 1. The molecule has 0 fully saturated rings. The van der Waals surface area contributed by atoms with Gasteiger partial charge >= 0.3 is 0 Å². The van der Waals surface area contributed by atoms with Crippen LogP contribution in [0.2, 0.25) is 0 Å². The van der Waals surface area contributed by atoms with E-state index in [1.54, 1.807) is 12.1 Å². The fraction of sp³-hybridized carbons (Fsp3) is 0.182. The summed E-state index contributed by atoms with van der Waals surface area (Å²) >= 11 is 0. The van der Waals surface area contributed by atoms with Crippen LogP contribution in [0.1, 0.15) is 19.7 Å². The van der Waals surface area contributed by atoms with Crippen LogP contribution in [0.15, 0.2) is 33.1 Å². The van der Waals surface area contributed by atoms with E-state index < -0.39 is 9.05 Å². The van der Waals surface area contributed by atoms with Gasteiger partial charge in [-0.25, -0.2) is 13.4 Å². The molecule has 1 heterocycles. The Morgan fingerprint density at radius 2 is 2.12 bits per heavy atom. The van der Waals surface area contributed by atoms with E-state index in [0.717, 1.165) is 5.57 Å². The van der Waals surface area contributed by atoms with Crippen LogP contribution >= 0.6 is 10.7 Å². The summed E-state index contributed by atoms with van der Waals surface area (Å²) in [6.07, 6.45) is 1.77. The lowest BCUT2D eigenvalue weighted by atomic mass is 10.3. The minimum Gasteiger partial charge on any atom is -0.437 e. The van der Waals surface area contributed by atoms with Gasteiger partial charge in [-0.3, -0.25) is 0 Å². The highest BCUT2D eigenvalue weighted by Gasteiger charge is 2.12. The van der Waals surface area contributed by atoms with Gasteiger partial charge in [-0.15, -0.1) is 0 Å². The van der Waals surface area contributed by atoms with E-state index in [0.29, 0.717) is 17.0 Å². The van der Waals surface area contributed by atoms with Crippen molar-refractivity contribution in [3.8, 4) is 0 Å². The van der Waals surface area contributed by atoms with Gasteiger partial charge in [-0.2, -0.15) is 0 Å².